The third-order valence-corrected chi connectivity index (χ3v) is 9.47. The van der Waals surface area contributed by atoms with Gasteiger partial charge in [0, 0.05) is 43.9 Å². The van der Waals surface area contributed by atoms with Gasteiger partial charge in [0.1, 0.15) is 5.58 Å². The molecule has 0 amide bonds. The number of hydrogen-bond donors (Lipinski definition) is 0. The lowest BCUT2D eigenvalue weighted by molar-refractivity contribution is 0.671. The molecule has 0 atom stereocenters. The van der Waals surface area contributed by atoms with Gasteiger partial charge in [-0.3, -0.25) is 0 Å². The summed E-state index contributed by atoms with van der Waals surface area (Å²) in [4.78, 5) is 15.0. The molecule has 0 unspecified atom stereocenters. The van der Waals surface area contributed by atoms with Crippen molar-refractivity contribution in [2.24, 2.45) is 0 Å². The maximum atomic E-state index is 6.85. The quantitative estimate of drug-likeness (QED) is 0.188. The summed E-state index contributed by atoms with van der Waals surface area (Å²) in [6, 6.07) is 58.5. The average Bonchev–Trinajstić information content (AvgIpc) is 3.75. The molecule has 0 aliphatic carbocycles. The van der Waals surface area contributed by atoms with Crippen LogP contribution in [0, 0.1) is 0 Å². The first-order valence-corrected chi connectivity index (χ1v) is 16.7. The summed E-state index contributed by atoms with van der Waals surface area (Å²) in [5.74, 6) is 1.85. The Labute approximate surface area is 287 Å². The molecular formula is C45H28N4O. The minimum absolute atomic E-state index is 0.600. The van der Waals surface area contributed by atoms with E-state index in [1.807, 2.05) is 78.9 Å². The molecule has 3 heterocycles. The fourth-order valence-electron chi connectivity index (χ4n) is 7.15. The van der Waals surface area contributed by atoms with Gasteiger partial charge in [-0.1, -0.05) is 140 Å². The molecule has 0 bridgehead atoms. The Bertz CT molecular complexity index is 2780. The highest BCUT2D eigenvalue weighted by molar-refractivity contribution is 6.23. The Morgan fingerprint density at radius 2 is 0.960 bits per heavy atom. The van der Waals surface area contributed by atoms with Gasteiger partial charge >= 0.3 is 0 Å². The smallest absolute Gasteiger partial charge is 0.164 e. The Morgan fingerprint density at radius 3 is 1.64 bits per heavy atom. The molecule has 0 spiro atoms. The third kappa shape index (κ3) is 4.52. The fraction of sp³-hybridized carbons (Fsp3) is 0. The summed E-state index contributed by atoms with van der Waals surface area (Å²) in [5.41, 5.74) is 9.97. The van der Waals surface area contributed by atoms with Gasteiger partial charge in [-0.2, -0.15) is 0 Å². The Hall–Kier alpha value is -6.85. The molecule has 0 fully saturated rings. The Morgan fingerprint density at radius 1 is 0.400 bits per heavy atom. The van der Waals surface area contributed by atoms with Crippen LogP contribution in [0.2, 0.25) is 0 Å². The lowest BCUT2D eigenvalue weighted by Gasteiger charge is -2.10. The number of nitrogens with zero attached hydrogens (tertiary/aromatic N) is 4. The fourth-order valence-corrected chi connectivity index (χ4v) is 7.15. The molecule has 7 aromatic carbocycles. The molecule has 5 heteroatoms. The van der Waals surface area contributed by atoms with Crippen LogP contribution in [0.15, 0.2) is 174 Å². The minimum atomic E-state index is 0.600. The molecule has 234 valence electrons. The van der Waals surface area contributed by atoms with Crippen molar-refractivity contribution in [2.75, 3.05) is 0 Å². The van der Waals surface area contributed by atoms with Crippen LogP contribution < -0.4 is 0 Å². The number of benzene rings is 7. The first-order valence-electron chi connectivity index (χ1n) is 16.7. The zero-order valence-corrected chi connectivity index (χ0v) is 26.9. The van der Waals surface area contributed by atoms with Crippen LogP contribution in [0.5, 0.6) is 0 Å². The first-order chi connectivity index (χ1) is 24.8. The normalized spacial score (nSPS) is 11.6. The summed E-state index contributed by atoms with van der Waals surface area (Å²) in [5, 5.41) is 4.30. The van der Waals surface area contributed by atoms with Crippen LogP contribution in [0.3, 0.4) is 0 Å². The monoisotopic (exact) mass is 640 g/mol. The van der Waals surface area contributed by atoms with E-state index in [1.165, 1.54) is 16.5 Å². The number of para-hydroxylation sites is 1. The van der Waals surface area contributed by atoms with Gasteiger partial charge in [-0.05, 0) is 41.5 Å². The summed E-state index contributed by atoms with van der Waals surface area (Å²) in [6.07, 6.45) is 0. The van der Waals surface area contributed by atoms with E-state index in [0.717, 1.165) is 60.7 Å². The predicted molar refractivity (Wildman–Crippen MR) is 203 cm³/mol. The first kappa shape index (κ1) is 28.2. The average molecular weight is 641 g/mol. The van der Waals surface area contributed by atoms with Crippen LogP contribution in [0.25, 0.3) is 94.7 Å². The Kier molecular flexibility index (Phi) is 6.42. The highest BCUT2D eigenvalue weighted by Crippen LogP contribution is 2.43. The molecule has 0 N–H and O–H groups in total. The Balaban J connectivity index is 1.23. The number of hydrogen-bond acceptors (Lipinski definition) is 4. The maximum Gasteiger partial charge on any atom is 0.164 e. The van der Waals surface area contributed by atoms with Crippen molar-refractivity contribution in [1.82, 2.24) is 19.5 Å². The second-order valence-corrected chi connectivity index (χ2v) is 12.4. The van der Waals surface area contributed by atoms with Gasteiger partial charge in [0.05, 0.1) is 11.0 Å². The lowest BCUT2D eigenvalue weighted by Crippen LogP contribution is -2.00. The van der Waals surface area contributed by atoms with Gasteiger partial charge in [-0.15, -0.1) is 0 Å². The van der Waals surface area contributed by atoms with Gasteiger partial charge in [0.2, 0.25) is 0 Å². The minimum Gasteiger partial charge on any atom is -0.454 e. The molecule has 0 saturated heterocycles. The molecule has 10 aromatic rings. The molecule has 0 aliphatic rings. The van der Waals surface area contributed by atoms with E-state index in [2.05, 4.69) is 95.6 Å². The van der Waals surface area contributed by atoms with Crippen molar-refractivity contribution in [2.45, 2.75) is 0 Å². The second-order valence-electron chi connectivity index (χ2n) is 12.4. The molecule has 3 aromatic heterocycles. The standard InChI is InChI=1S/C45H28N4O/c1-4-13-29(14-5-1)30-23-25-33(26-24-30)49-38-21-11-10-19-34(38)35-27-28-36-40-37(20-12-22-39(40)50-42(36)41(35)49)45-47-43(31-15-6-2-7-16-31)46-44(48-45)32-17-8-3-9-18-32/h1-28H. The van der Waals surface area contributed by atoms with E-state index in [-0.39, 0.29) is 0 Å². The largest absolute Gasteiger partial charge is 0.454 e. The van der Waals surface area contributed by atoms with Crippen molar-refractivity contribution in [1.29, 1.82) is 0 Å². The molecule has 50 heavy (non-hydrogen) atoms. The van der Waals surface area contributed by atoms with Gasteiger partial charge < -0.3 is 8.98 Å². The third-order valence-electron chi connectivity index (χ3n) is 9.47. The van der Waals surface area contributed by atoms with Gasteiger partial charge in [0.25, 0.3) is 0 Å². The molecular weight excluding hydrogens is 613 g/mol. The molecule has 0 radical (unpaired) electrons. The number of aromatic nitrogens is 4. The van der Waals surface area contributed by atoms with Crippen molar-refractivity contribution in [3.63, 3.8) is 0 Å². The van der Waals surface area contributed by atoms with E-state index in [4.69, 9.17) is 19.4 Å². The van der Waals surface area contributed by atoms with Crippen molar-refractivity contribution >= 4 is 43.7 Å². The van der Waals surface area contributed by atoms with E-state index < -0.39 is 0 Å². The zero-order valence-electron chi connectivity index (χ0n) is 26.9. The lowest BCUT2D eigenvalue weighted by atomic mass is 10.0. The highest BCUT2D eigenvalue weighted by Gasteiger charge is 2.22. The molecule has 5 nitrogen and oxygen atoms in total. The topological polar surface area (TPSA) is 56.7 Å². The van der Waals surface area contributed by atoms with Crippen LogP contribution in [0.1, 0.15) is 0 Å². The SMILES string of the molecule is c1ccc(-c2ccc(-n3c4ccccc4c4ccc5c(oc6cccc(-c7nc(-c8ccccc8)nc(-c8ccccc8)n7)c65)c43)cc2)cc1. The van der Waals surface area contributed by atoms with E-state index >= 15 is 0 Å². The summed E-state index contributed by atoms with van der Waals surface area (Å²) < 4.78 is 9.18. The maximum absolute atomic E-state index is 6.85. The van der Waals surface area contributed by atoms with Crippen LogP contribution in [-0.4, -0.2) is 19.5 Å². The van der Waals surface area contributed by atoms with Crippen molar-refractivity contribution in [3.05, 3.63) is 170 Å². The van der Waals surface area contributed by atoms with Crippen LogP contribution in [0.4, 0.5) is 0 Å². The summed E-state index contributed by atoms with van der Waals surface area (Å²) in [7, 11) is 0. The number of rotatable bonds is 5. The van der Waals surface area contributed by atoms with Crippen LogP contribution in [-0.2, 0) is 0 Å². The van der Waals surface area contributed by atoms with Crippen molar-refractivity contribution in [3.8, 4) is 51.0 Å². The predicted octanol–water partition coefficient (Wildman–Crippen LogP) is 11.5. The van der Waals surface area contributed by atoms with Gasteiger partial charge in [-0.25, -0.2) is 15.0 Å². The summed E-state index contributed by atoms with van der Waals surface area (Å²) in [6.45, 7) is 0. The van der Waals surface area contributed by atoms with E-state index in [0.29, 0.717) is 17.5 Å². The number of furan rings is 1. The van der Waals surface area contributed by atoms with Crippen molar-refractivity contribution < 1.29 is 4.42 Å². The van der Waals surface area contributed by atoms with Crippen LogP contribution >= 0.6 is 0 Å². The highest BCUT2D eigenvalue weighted by atomic mass is 16.3. The molecule has 0 aliphatic heterocycles. The van der Waals surface area contributed by atoms with Gasteiger partial charge in [0.15, 0.2) is 23.1 Å². The second kappa shape index (κ2) is 11.4. The molecule has 0 saturated carbocycles. The van der Waals surface area contributed by atoms with E-state index in [1.54, 1.807) is 0 Å². The number of fused-ring (bicyclic) bond motifs is 7. The zero-order chi connectivity index (χ0) is 33.0. The van der Waals surface area contributed by atoms with E-state index in [9.17, 15) is 0 Å². The molecule has 10 rings (SSSR count). The summed E-state index contributed by atoms with van der Waals surface area (Å²) >= 11 is 0.